The van der Waals surface area contributed by atoms with E-state index in [4.69, 9.17) is 4.74 Å². The Morgan fingerprint density at radius 3 is 2.60 bits per heavy atom. The van der Waals surface area contributed by atoms with Crippen molar-refractivity contribution in [3.63, 3.8) is 0 Å². The Labute approximate surface area is 168 Å². The lowest BCUT2D eigenvalue weighted by molar-refractivity contribution is -0.384. The lowest BCUT2D eigenvalue weighted by Crippen LogP contribution is -2.20. The van der Waals surface area contributed by atoms with E-state index in [1.54, 1.807) is 13.0 Å². The predicted molar refractivity (Wildman–Crippen MR) is 100 cm³/mol. The molecular formula is C19H15F3N4O4. The van der Waals surface area contributed by atoms with Crippen molar-refractivity contribution in [2.24, 2.45) is 0 Å². The van der Waals surface area contributed by atoms with E-state index >= 15 is 0 Å². The van der Waals surface area contributed by atoms with Crippen molar-refractivity contribution in [1.29, 1.82) is 0 Å². The third-order valence-electron chi connectivity index (χ3n) is 4.01. The van der Waals surface area contributed by atoms with E-state index in [-0.39, 0.29) is 23.7 Å². The summed E-state index contributed by atoms with van der Waals surface area (Å²) in [6, 6.07) is 9.25. The number of alkyl halides is 3. The summed E-state index contributed by atoms with van der Waals surface area (Å²) in [5.74, 6) is -0.754. The highest BCUT2D eigenvalue weighted by Gasteiger charge is 2.30. The number of amides is 1. The zero-order valence-corrected chi connectivity index (χ0v) is 15.5. The summed E-state index contributed by atoms with van der Waals surface area (Å²) in [4.78, 5) is 22.7. The number of aromatic nitrogens is 2. The number of carbonyl (C=O) groups excluding carboxylic acids is 1. The number of anilines is 1. The Hall–Kier alpha value is -3.89. The van der Waals surface area contributed by atoms with Gasteiger partial charge in [0.15, 0.2) is 0 Å². The molecule has 0 unspecified atom stereocenters. The highest BCUT2D eigenvalue weighted by Crippen LogP contribution is 2.34. The molecule has 0 aliphatic rings. The van der Waals surface area contributed by atoms with Gasteiger partial charge in [-0.1, -0.05) is 6.07 Å². The lowest BCUT2D eigenvalue weighted by atomic mass is 10.2. The minimum Gasteiger partial charge on any atom is -0.457 e. The van der Waals surface area contributed by atoms with Gasteiger partial charge in [0, 0.05) is 24.0 Å². The highest BCUT2D eigenvalue weighted by molar-refractivity contribution is 5.91. The molecule has 0 fully saturated rings. The fraction of sp³-hybridized carbons (Fsp3) is 0.158. The minimum atomic E-state index is -4.56. The summed E-state index contributed by atoms with van der Waals surface area (Å²) in [7, 11) is 0. The summed E-state index contributed by atoms with van der Waals surface area (Å²) in [5.41, 5.74) is -0.516. The zero-order valence-electron chi connectivity index (χ0n) is 15.5. The van der Waals surface area contributed by atoms with Crippen LogP contribution < -0.4 is 10.1 Å². The van der Waals surface area contributed by atoms with Crippen LogP contribution in [0.4, 0.5) is 24.5 Å². The van der Waals surface area contributed by atoms with Gasteiger partial charge in [0.2, 0.25) is 5.91 Å². The van der Waals surface area contributed by atoms with Gasteiger partial charge in [-0.05, 0) is 31.2 Å². The monoisotopic (exact) mass is 420 g/mol. The maximum absolute atomic E-state index is 12.9. The number of nitro benzene ring substituents is 1. The first-order valence-electron chi connectivity index (χ1n) is 8.55. The molecule has 1 amide bonds. The van der Waals surface area contributed by atoms with Crippen LogP contribution in [0.15, 0.2) is 54.7 Å². The molecule has 3 aromatic rings. The predicted octanol–water partition coefficient (Wildman–Crippen LogP) is 4.55. The molecule has 3 rings (SSSR count). The van der Waals surface area contributed by atoms with Gasteiger partial charge in [-0.25, -0.2) is 0 Å². The number of nitrogens with one attached hydrogen (secondary N) is 1. The second-order valence-electron chi connectivity index (χ2n) is 6.28. The van der Waals surface area contributed by atoms with Crippen LogP contribution in [0.5, 0.6) is 11.5 Å². The van der Waals surface area contributed by atoms with Crippen molar-refractivity contribution in [3.8, 4) is 11.5 Å². The molecule has 0 aliphatic heterocycles. The quantitative estimate of drug-likeness (QED) is 0.466. The summed E-state index contributed by atoms with van der Waals surface area (Å²) < 4.78 is 45.4. The van der Waals surface area contributed by atoms with Crippen molar-refractivity contribution in [2.45, 2.75) is 19.6 Å². The molecule has 0 saturated heterocycles. The number of hydrogen-bond donors (Lipinski definition) is 1. The molecule has 0 radical (unpaired) electrons. The molecule has 0 atom stereocenters. The van der Waals surface area contributed by atoms with Crippen LogP contribution in [0.3, 0.4) is 0 Å². The fourth-order valence-corrected chi connectivity index (χ4v) is 2.59. The number of nitro groups is 1. The van der Waals surface area contributed by atoms with Gasteiger partial charge in [0.25, 0.3) is 5.69 Å². The number of carbonyl (C=O) groups is 1. The van der Waals surface area contributed by atoms with E-state index in [1.165, 1.54) is 23.0 Å². The first kappa shape index (κ1) is 20.8. The van der Waals surface area contributed by atoms with Gasteiger partial charge in [-0.2, -0.15) is 18.3 Å². The van der Waals surface area contributed by atoms with Crippen LogP contribution in [0, 0.1) is 17.0 Å². The largest absolute Gasteiger partial charge is 0.457 e. The lowest BCUT2D eigenvalue weighted by Gasteiger charge is -2.12. The van der Waals surface area contributed by atoms with Gasteiger partial charge >= 0.3 is 6.18 Å². The van der Waals surface area contributed by atoms with Gasteiger partial charge in [0.05, 0.1) is 22.2 Å². The van der Waals surface area contributed by atoms with Crippen LogP contribution in [0.2, 0.25) is 0 Å². The number of aryl methyl sites for hydroxylation is 1. The number of benzene rings is 2. The molecular weight excluding hydrogens is 405 g/mol. The number of ether oxygens (including phenoxy) is 1. The standard InChI is InChI=1S/C19H15F3N4O4/c1-12-5-6-23-25(12)11-18(27)24-14-8-15(26(28)29)10-17(9-14)30-16-4-2-3-13(7-16)19(20,21)22/h2-10H,11H2,1H3,(H,24,27). The number of rotatable bonds is 6. The van der Waals surface area contributed by atoms with E-state index in [0.717, 1.165) is 36.0 Å². The van der Waals surface area contributed by atoms with Crippen molar-refractivity contribution >= 4 is 17.3 Å². The topological polar surface area (TPSA) is 99.3 Å². The van der Waals surface area contributed by atoms with E-state index in [9.17, 15) is 28.1 Å². The van der Waals surface area contributed by atoms with Crippen molar-refractivity contribution in [1.82, 2.24) is 9.78 Å². The molecule has 156 valence electrons. The Balaban J connectivity index is 1.83. The maximum Gasteiger partial charge on any atom is 0.416 e. The summed E-state index contributed by atoms with van der Waals surface area (Å²) in [5, 5.41) is 17.7. The van der Waals surface area contributed by atoms with Crippen LogP contribution in [-0.4, -0.2) is 20.6 Å². The second-order valence-corrected chi connectivity index (χ2v) is 6.28. The van der Waals surface area contributed by atoms with Crippen molar-refractivity contribution < 1.29 is 27.6 Å². The summed E-state index contributed by atoms with van der Waals surface area (Å²) in [6.45, 7) is 1.64. The second kappa shape index (κ2) is 8.23. The normalized spacial score (nSPS) is 11.2. The minimum absolute atomic E-state index is 0.0565. The smallest absolute Gasteiger partial charge is 0.416 e. The number of hydrogen-bond acceptors (Lipinski definition) is 5. The molecule has 1 heterocycles. The van der Waals surface area contributed by atoms with E-state index in [2.05, 4.69) is 10.4 Å². The Bertz CT molecular complexity index is 1100. The third-order valence-corrected chi connectivity index (χ3v) is 4.01. The summed E-state index contributed by atoms with van der Waals surface area (Å²) in [6.07, 6.45) is -3.04. The molecule has 30 heavy (non-hydrogen) atoms. The number of nitrogens with zero attached hydrogens (tertiary/aromatic N) is 3. The van der Waals surface area contributed by atoms with Gasteiger partial charge < -0.3 is 10.1 Å². The van der Waals surface area contributed by atoms with Crippen LogP contribution >= 0.6 is 0 Å². The molecule has 0 spiro atoms. The number of non-ortho nitro benzene ring substituents is 1. The van der Waals surface area contributed by atoms with Gasteiger partial charge in [-0.3, -0.25) is 19.6 Å². The fourth-order valence-electron chi connectivity index (χ4n) is 2.59. The van der Waals surface area contributed by atoms with Gasteiger partial charge in [-0.15, -0.1) is 0 Å². The van der Waals surface area contributed by atoms with Crippen LogP contribution in [0.1, 0.15) is 11.3 Å². The first-order chi connectivity index (χ1) is 14.1. The van der Waals surface area contributed by atoms with Crippen LogP contribution in [0.25, 0.3) is 0 Å². The van der Waals surface area contributed by atoms with Crippen LogP contribution in [-0.2, 0) is 17.5 Å². The summed E-state index contributed by atoms with van der Waals surface area (Å²) >= 11 is 0. The van der Waals surface area contributed by atoms with E-state index in [0.29, 0.717) is 0 Å². The maximum atomic E-state index is 12.9. The van der Waals surface area contributed by atoms with Crippen molar-refractivity contribution in [3.05, 3.63) is 76.1 Å². The molecule has 1 N–H and O–H groups in total. The average Bonchev–Trinajstić information content (AvgIpc) is 3.05. The molecule has 1 aromatic heterocycles. The molecule has 11 heteroatoms. The molecule has 2 aromatic carbocycles. The van der Waals surface area contributed by atoms with Crippen molar-refractivity contribution in [2.75, 3.05) is 5.32 Å². The SMILES string of the molecule is Cc1ccnn1CC(=O)Nc1cc(Oc2cccc(C(F)(F)F)c2)cc([N+](=O)[O-])c1. The van der Waals surface area contributed by atoms with Gasteiger partial charge in [0.1, 0.15) is 18.0 Å². The zero-order chi connectivity index (χ0) is 21.9. The Morgan fingerprint density at radius 1 is 1.20 bits per heavy atom. The molecule has 0 saturated carbocycles. The molecule has 0 bridgehead atoms. The molecule has 0 aliphatic carbocycles. The Morgan fingerprint density at radius 2 is 1.97 bits per heavy atom. The third kappa shape index (κ3) is 5.13. The number of halogens is 3. The Kier molecular flexibility index (Phi) is 5.72. The van der Waals surface area contributed by atoms with E-state index < -0.39 is 28.3 Å². The average molecular weight is 420 g/mol. The van der Waals surface area contributed by atoms with E-state index in [1.807, 2.05) is 0 Å². The first-order valence-corrected chi connectivity index (χ1v) is 8.55. The molecule has 8 nitrogen and oxygen atoms in total. The highest BCUT2D eigenvalue weighted by atomic mass is 19.4.